The molecule has 0 aliphatic carbocycles. The fourth-order valence-electron chi connectivity index (χ4n) is 3.58. The number of nitrogens with zero attached hydrogens (tertiary/aromatic N) is 3. The van der Waals surface area contributed by atoms with Crippen LogP contribution in [0, 0.1) is 17.1 Å². The van der Waals surface area contributed by atoms with Crippen LogP contribution in [-0.4, -0.2) is 29.8 Å². The normalized spacial score (nSPS) is 15.5. The van der Waals surface area contributed by atoms with Gasteiger partial charge in [-0.05, 0) is 67.8 Å². The van der Waals surface area contributed by atoms with Crippen LogP contribution in [0.2, 0.25) is 0 Å². The van der Waals surface area contributed by atoms with Gasteiger partial charge in [0.2, 0.25) is 0 Å². The van der Waals surface area contributed by atoms with Crippen molar-refractivity contribution >= 4 is 23.6 Å². The van der Waals surface area contributed by atoms with Crippen molar-refractivity contribution in [2.75, 3.05) is 18.0 Å². The maximum Gasteiger partial charge on any atom is 0.271 e. The molecule has 0 saturated carbocycles. The van der Waals surface area contributed by atoms with E-state index >= 15 is 0 Å². The third-order valence-electron chi connectivity index (χ3n) is 5.41. The highest BCUT2D eigenvalue weighted by atomic mass is 19.1. The van der Waals surface area contributed by atoms with Crippen molar-refractivity contribution in [1.29, 1.82) is 5.26 Å². The average Bonchev–Trinajstić information content (AvgIpc) is 2.78. The molecule has 5 nitrogen and oxygen atoms in total. The highest BCUT2D eigenvalue weighted by Gasteiger charge is 2.35. The minimum absolute atomic E-state index is 0.0331. The molecule has 6 heteroatoms. The monoisotopic (exact) mass is 417 g/mol. The van der Waals surface area contributed by atoms with Crippen LogP contribution >= 0.6 is 0 Å². The highest BCUT2D eigenvalue weighted by Crippen LogP contribution is 2.28. The predicted molar refractivity (Wildman–Crippen MR) is 118 cm³/mol. The summed E-state index contributed by atoms with van der Waals surface area (Å²) in [4.78, 5) is 29.2. The van der Waals surface area contributed by atoms with E-state index < -0.39 is 17.6 Å². The summed E-state index contributed by atoms with van der Waals surface area (Å²) in [6, 6.07) is 15.3. The lowest BCUT2D eigenvalue weighted by Crippen LogP contribution is -2.42. The Hall–Kier alpha value is -3.72. The number of carbonyl (C=O) groups is 2. The first kappa shape index (κ1) is 22.0. The van der Waals surface area contributed by atoms with Gasteiger partial charge in [-0.15, -0.1) is 0 Å². The van der Waals surface area contributed by atoms with Gasteiger partial charge in [0.1, 0.15) is 17.5 Å². The summed E-state index contributed by atoms with van der Waals surface area (Å²) in [6.07, 6.45) is 1.70. The summed E-state index contributed by atoms with van der Waals surface area (Å²) < 4.78 is 13.2. The van der Waals surface area contributed by atoms with E-state index in [9.17, 15) is 19.2 Å². The molecule has 1 aliphatic rings. The molecule has 0 aromatic heterocycles. The van der Waals surface area contributed by atoms with Crippen molar-refractivity contribution in [2.24, 2.45) is 0 Å². The molecule has 0 spiro atoms. The van der Waals surface area contributed by atoms with E-state index in [0.29, 0.717) is 16.7 Å². The molecule has 1 aliphatic heterocycles. The van der Waals surface area contributed by atoms with E-state index in [1.807, 2.05) is 30.3 Å². The molecule has 1 heterocycles. The number of benzene rings is 2. The van der Waals surface area contributed by atoms with Gasteiger partial charge in [0, 0.05) is 24.4 Å². The molecule has 0 bridgehead atoms. The van der Waals surface area contributed by atoms with Crippen molar-refractivity contribution in [3.63, 3.8) is 0 Å². The summed E-state index contributed by atoms with van der Waals surface area (Å²) in [5.41, 5.74) is 3.08. The van der Waals surface area contributed by atoms with Crippen LogP contribution in [0.5, 0.6) is 0 Å². The maximum atomic E-state index is 13.2. The Morgan fingerprint density at radius 2 is 1.61 bits per heavy atom. The van der Waals surface area contributed by atoms with Gasteiger partial charge in [0.05, 0.1) is 6.54 Å². The van der Waals surface area contributed by atoms with Crippen LogP contribution in [0.3, 0.4) is 0 Å². The lowest BCUT2D eigenvalue weighted by molar-refractivity contribution is -0.141. The third-order valence-corrected chi connectivity index (χ3v) is 5.41. The molecule has 0 unspecified atom stereocenters. The smallest absolute Gasteiger partial charge is 0.271 e. The number of halogens is 1. The van der Waals surface area contributed by atoms with Gasteiger partial charge in [-0.2, -0.15) is 5.26 Å². The molecule has 0 radical (unpaired) electrons. The van der Waals surface area contributed by atoms with Crippen LogP contribution < -0.4 is 4.90 Å². The minimum Gasteiger partial charge on any atom is -0.372 e. The third kappa shape index (κ3) is 4.56. The zero-order valence-electron chi connectivity index (χ0n) is 17.9. The maximum absolute atomic E-state index is 13.2. The summed E-state index contributed by atoms with van der Waals surface area (Å²) in [5.74, 6) is -1.51. The van der Waals surface area contributed by atoms with Gasteiger partial charge in [-0.1, -0.05) is 24.3 Å². The number of anilines is 1. The molecule has 158 valence electrons. The van der Waals surface area contributed by atoms with Crippen LogP contribution in [0.4, 0.5) is 10.1 Å². The van der Waals surface area contributed by atoms with E-state index in [2.05, 4.69) is 18.7 Å². The topological polar surface area (TPSA) is 64.4 Å². The van der Waals surface area contributed by atoms with Crippen molar-refractivity contribution in [3.05, 3.63) is 82.2 Å². The molecule has 2 aromatic carbocycles. The Morgan fingerprint density at radius 1 is 1.00 bits per heavy atom. The van der Waals surface area contributed by atoms with Crippen LogP contribution in [0.15, 0.2) is 65.3 Å². The van der Waals surface area contributed by atoms with Crippen LogP contribution in [0.25, 0.3) is 6.08 Å². The first-order valence-corrected chi connectivity index (χ1v) is 10.2. The van der Waals surface area contributed by atoms with Crippen molar-refractivity contribution < 1.29 is 14.0 Å². The van der Waals surface area contributed by atoms with E-state index in [4.69, 9.17) is 0 Å². The predicted octanol–water partition coefficient (Wildman–Crippen LogP) is 4.46. The van der Waals surface area contributed by atoms with Gasteiger partial charge in [-0.3, -0.25) is 14.5 Å². The van der Waals surface area contributed by atoms with Gasteiger partial charge in [0.15, 0.2) is 0 Å². The first-order valence-electron chi connectivity index (χ1n) is 10.2. The molecule has 0 fully saturated rings. The molecular weight excluding hydrogens is 393 g/mol. The van der Waals surface area contributed by atoms with Crippen molar-refractivity contribution in [1.82, 2.24) is 4.90 Å². The summed E-state index contributed by atoms with van der Waals surface area (Å²) in [5, 5.41) is 9.52. The van der Waals surface area contributed by atoms with E-state index in [1.54, 1.807) is 13.0 Å². The second-order valence-electron chi connectivity index (χ2n) is 7.26. The molecule has 2 amide bonds. The number of imide groups is 1. The lowest BCUT2D eigenvalue weighted by atomic mass is 9.93. The van der Waals surface area contributed by atoms with Crippen LogP contribution in [-0.2, 0) is 16.1 Å². The number of hydrogen-bond acceptors (Lipinski definition) is 4. The van der Waals surface area contributed by atoms with Gasteiger partial charge >= 0.3 is 0 Å². The van der Waals surface area contributed by atoms with E-state index in [-0.39, 0.29) is 12.1 Å². The second kappa shape index (κ2) is 9.40. The zero-order chi connectivity index (χ0) is 22.5. The molecule has 0 atom stereocenters. The standard InChI is InChI=1S/C25H24FN3O2/c1-4-28(5-2)21-12-8-18(9-13-21)14-22-17(3)23(15-27)25(31)29(24(22)30)16-19-6-10-20(26)11-7-19/h6-14H,4-5,16H2,1-3H3/b22-14+. The second-order valence-corrected chi connectivity index (χ2v) is 7.26. The molecule has 31 heavy (non-hydrogen) atoms. The summed E-state index contributed by atoms with van der Waals surface area (Å²) in [6.45, 7) is 7.54. The van der Waals surface area contributed by atoms with Gasteiger partial charge in [-0.25, -0.2) is 4.39 Å². The molecule has 2 aromatic rings. The van der Waals surface area contributed by atoms with Crippen LogP contribution in [0.1, 0.15) is 31.9 Å². The van der Waals surface area contributed by atoms with Crippen molar-refractivity contribution in [2.45, 2.75) is 27.3 Å². The molecule has 3 rings (SSSR count). The summed E-state index contributed by atoms with van der Waals surface area (Å²) in [7, 11) is 0. The number of nitriles is 1. The lowest BCUT2D eigenvalue weighted by Gasteiger charge is -2.27. The molecule has 0 N–H and O–H groups in total. The fraction of sp³-hybridized carbons (Fsp3) is 0.240. The van der Waals surface area contributed by atoms with Crippen molar-refractivity contribution in [3.8, 4) is 6.07 Å². The van der Waals surface area contributed by atoms with Gasteiger partial charge in [0.25, 0.3) is 11.8 Å². The molecular formula is C25H24FN3O2. The Balaban J connectivity index is 1.97. The number of amides is 2. The Bertz CT molecular complexity index is 1090. The minimum atomic E-state index is -0.636. The Morgan fingerprint density at radius 3 is 2.16 bits per heavy atom. The largest absolute Gasteiger partial charge is 0.372 e. The zero-order valence-corrected chi connectivity index (χ0v) is 17.9. The van der Waals surface area contributed by atoms with E-state index in [1.165, 1.54) is 24.3 Å². The average molecular weight is 417 g/mol. The summed E-state index contributed by atoms with van der Waals surface area (Å²) >= 11 is 0. The quantitative estimate of drug-likeness (QED) is 0.514. The highest BCUT2D eigenvalue weighted by molar-refractivity contribution is 6.19. The number of rotatable bonds is 6. The Labute approximate surface area is 181 Å². The number of hydrogen-bond donors (Lipinski definition) is 0. The fourth-order valence-corrected chi connectivity index (χ4v) is 3.58. The first-order chi connectivity index (χ1) is 14.9. The number of carbonyl (C=O) groups excluding carboxylic acids is 2. The van der Waals surface area contributed by atoms with E-state index in [0.717, 1.165) is 29.2 Å². The Kier molecular flexibility index (Phi) is 6.66. The SMILES string of the molecule is CCN(CC)c1ccc(/C=C2/C(=O)N(Cc3ccc(F)cc3)C(=O)C(C#N)=C2C)cc1. The van der Waals surface area contributed by atoms with Gasteiger partial charge < -0.3 is 4.90 Å². The molecule has 0 saturated heterocycles.